The fraction of sp³-hybridized carbons (Fsp3) is 0.0556. The third kappa shape index (κ3) is 4.54. The maximum Gasteiger partial charge on any atom is 0.416 e. The molecule has 0 bridgehead atoms. The smallest absolute Gasteiger partial charge is 0.382 e. The number of halogens is 3. The van der Waals surface area contributed by atoms with Crippen LogP contribution < -0.4 is 22.0 Å². The number of aromatic nitrogens is 2. The molecule has 0 aliphatic heterocycles. The van der Waals surface area contributed by atoms with Crippen molar-refractivity contribution in [1.29, 1.82) is 0 Å². The van der Waals surface area contributed by atoms with E-state index in [1.165, 1.54) is 30.9 Å². The number of amidine groups is 1. The van der Waals surface area contributed by atoms with Gasteiger partial charge in [-0.15, -0.1) is 5.10 Å². The summed E-state index contributed by atoms with van der Waals surface area (Å²) in [6.45, 7) is 0. The molecule has 28 heavy (non-hydrogen) atoms. The van der Waals surface area contributed by atoms with Crippen LogP contribution in [-0.2, 0) is 6.18 Å². The molecule has 0 unspecified atom stereocenters. The Morgan fingerprint density at radius 2 is 1.64 bits per heavy atom. The molecule has 1 aromatic heterocycles. The lowest BCUT2D eigenvalue weighted by atomic mass is 10.1. The molecule has 144 valence electrons. The molecular weight excluding hydrogens is 371 g/mol. The van der Waals surface area contributed by atoms with Gasteiger partial charge in [0, 0.05) is 16.9 Å². The second-order valence-electron chi connectivity index (χ2n) is 5.67. The average Bonchev–Trinajstić information content (AvgIpc) is 2.68. The van der Waals surface area contributed by atoms with Crippen LogP contribution in [0.4, 0.5) is 30.2 Å². The fourth-order valence-corrected chi connectivity index (χ4v) is 2.35. The van der Waals surface area contributed by atoms with Gasteiger partial charge in [0.15, 0.2) is 5.84 Å². The number of nitrogens with one attached hydrogen (secondary N) is 1. The van der Waals surface area contributed by atoms with Gasteiger partial charge in [-0.3, -0.25) is 0 Å². The first kappa shape index (κ1) is 19.1. The Morgan fingerprint density at radius 3 is 2.29 bits per heavy atom. The predicted octanol–water partition coefficient (Wildman–Crippen LogP) is 3.24. The van der Waals surface area contributed by atoms with Crippen molar-refractivity contribution in [3.05, 3.63) is 78.4 Å². The van der Waals surface area contributed by atoms with Crippen molar-refractivity contribution in [2.75, 3.05) is 10.4 Å². The maximum atomic E-state index is 12.7. The van der Waals surface area contributed by atoms with Crippen LogP contribution in [0.5, 0.6) is 0 Å². The molecule has 0 spiro atoms. The third-order valence-electron chi connectivity index (χ3n) is 3.72. The van der Waals surface area contributed by atoms with E-state index >= 15 is 0 Å². The number of nitrogens with zero attached hydrogens (tertiary/aromatic N) is 4. The van der Waals surface area contributed by atoms with Crippen molar-refractivity contribution in [2.24, 2.45) is 16.7 Å². The molecule has 3 rings (SSSR count). The zero-order valence-electron chi connectivity index (χ0n) is 14.4. The van der Waals surface area contributed by atoms with Crippen molar-refractivity contribution in [1.82, 2.24) is 9.97 Å². The highest BCUT2D eigenvalue weighted by molar-refractivity contribution is 6.03. The summed E-state index contributed by atoms with van der Waals surface area (Å²) >= 11 is 0. The summed E-state index contributed by atoms with van der Waals surface area (Å²) in [6.07, 6.45) is -0.0980. The first-order valence-electron chi connectivity index (χ1n) is 8.02. The van der Waals surface area contributed by atoms with Gasteiger partial charge in [-0.1, -0.05) is 12.1 Å². The number of rotatable bonds is 5. The summed E-state index contributed by atoms with van der Waals surface area (Å²) in [5, 5.41) is 8.17. The highest BCUT2D eigenvalue weighted by Gasteiger charge is 2.29. The minimum Gasteiger partial charge on any atom is -0.382 e. The molecule has 0 aliphatic carbocycles. The Kier molecular flexibility index (Phi) is 5.41. The lowest BCUT2D eigenvalue weighted by molar-refractivity contribution is -0.137. The Hall–Kier alpha value is -3.66. The van der Waals surface area contributed by atoms with E-state index < -0.39 is 11.7 Å². The van der Waals surface area contributed by atoms with E-state index in [1.807, 2.05) is 0 Å². The van der Waals surface area contributed by atoms with E-state index in [0.717, 1.165) is 17.3 Å². The van der Waals surface area contributed by atoms with Gasteiger partial charge in [-0.2, -0.15) is 18.3 Å². The molecule has 0 saturated carbocycles. The van der Waals surface area contributed by atoms with Crippen LogP contribution in [0.25, 0.3) is 0 Å². The summed E-state index contributed by atoms with van der Waals surface area (Å²) in [4.78, 5) is 7.70. The van der Waals surface area contributed by atoms with Crippen LogP contribution in [0.2, 0.25) is 0 Å². The highest BCUT2D eigenvalue weighted by atomic mass is 19.4. The minimum atomic E-state index is -4.39. The van der Waals surface area contributed by atoms with Crippen LogP contribution in [0.15, 0.2) is 72.4 Å². The standard InChI is InChI=1S/C18H16F3N7/c19-18(20,21)12-5-7-13(8-6-12)26-16-4-2-1-3-15(16)17(22)27-28(23)14-9-24-11-25-10-14/h1-11,26H,23H2,(H2,22,27). The summed E-state index contributed by atoms with van der Waals surface area (Å²) in [7, 11) is 0. The van der Waals surface area contributed by atoms with E-state index in [2.05, 4.69) is 20.4 Å². The van der Waals surface area contributed by atoms with Gasteiger partial charge in [0.1, 0.15) is 12.0 Å². The van der Waals surface area contributed by atoms with Crippen LogP contribution in [0.1, 0.15) is 11.1 Å². The first-order chi connectivity index (χ1) is 13.3. The second-order valence-corrected chi connectivity index (χ2v) is 5.67. The SMILES string of the molecule is N/C(=N\N(N)c1cncnc1)c1ccccc1Nc1ccc(C(F)(F)F)cc1. The largest absolute Gasteiger partial charge is 0.416 e. The predicted molar refractivity (Wildman–Crippen MR) is 101 cm³/mol. The number of para-hydroxylation sites is 1. The molecule has 0 fully saturated rings. The van der Waals surface area contributed by atoms with Crippen LogP contribution in [0, 0.1) is 0 Å². The van der Waals surface area contributed by atoms with Gasteiger partial charge >= 0.3 is 6.18 Å². The number of hydrogen-bond acceptors (Lipinski definition) is 6. The van der Waals surface area contributed by atoms with Gasteiger partial charge in [-0.25, -0.2) is 15.8 Å². The Balaban J connectivity index is 1.84. The van der Waals surface area contributed by atoms with E-state index in [4.69, 9.17) is 11.6 Å². The molecule has 7 nitrogen and oxygen atoms in total. The summed E-state index contributed by atoms with van der Waals surface area (Å²) in [5.74, 6) is 5.95. The number of benzene rings is 2. The van der Waals surface area contributed by atoms with Gasteiger partial charge < -0.3 is 11.1 Å². The van der Waals surface area contributed by atoms with Crippen molar-refractivity contribution in [2.45, 2.75) is 6.18 Å². The minimum absolute atomic E-state index is 0.0985. The lowest BCUT2D eigenvalue weighted by Gasteiger charge is -2.15. The van der Waals surface area contributed by atoms with Gasteiger partial charge in [0.25, 0.3) is 0 Å². The average molecular weight is 387 g/mol. The second kappa shape index (κ2) is 7.92. The van der Waals surface area contributed by atoms with E-state index in [9.17, 15) is 13.2 Å². The number of hydrazone groups is 1. The van der Waals surface area contributed by atoms with E-state index in [-0.39, 0.29) is 5.84 Å². The molecule has 1 heterocycles. The Morgan fingerprint density at radius 1 is 1.00 bits per heavy atom. The number of hydrazine groups is 1. The molecule has 0 saturated heterocycles. The summed E-state index contributed by atoms with van der Waals surface area (Å²) in [6, 6.07) is 11.6. The van der Waals surface area contributed by atoms with Crippen molar-refractivity contribution in [3.8, 4) is 0 Å². The molecule has 10 heteroatoms. The van der Waals surface area contributed by atoms with Gasteiger partial charge in [0.05, 0.1) is 18.0 Å². The summed E-state index contributed by atoms with van der Waals surface area (Å²) < 4.78 is 38.1. The number of hydrogen-bond donors (Lipinski definition) is 3. The molecule has 2 aromatic carbocycles. The normalized spacial score (nSPS) is 11.9. The van der Waals surface area contributed by atoms with E-state index in [0.29, 0.717) is 22.6 Å². The zero-order chi connectivity index (χ0) is 20.1. The topological polar surface area (TPSA) is 105 Å². The maximum absolute atomic E-state index is 12.7. The fourth-order valence-electron chi connectivity index (χ4n) is 2.35. The number of alkyl halides is 3. The molecule has 0 atom stereocenters. The quantitative estimate of drug-likeness (QED) is 0.269. The van der Waals surface area contributed by atoms with Crippen LogP contribution in [0.3, 0.4) is 0 Å². The molecule has 5 N–H and O–H groups in total. The van der Waals surface area contributed by atoms with Gasteiger partial charge in [0.2, 0.25) is 0 Å². The first-order valence-corrected chi connectivity index (χ1v) is 8.02. The Labute approximate surface area is 158 Å². The molecule has 0 radical (unpaired) electrons. The van der Waals surface area contributed by atoms with Crippen molar-refractivity contribution in [3.63, 3.8) is 0 Å². The summed E-state index contributed by atoms with van der Waals surface area (Å²) in [5.41, 5.74) is 7.32. The van der Waals surface area contributed by atoms with Crippen LogP contribution in [-0.4, -0.2) is 15.8 Å². The lowest BCUT2D eigenvalue weighted by Crippen LogP contribution is -2.29. The van der Waals surface area contributed by atoms with Crippen molar-refractivity contribution >= 4 is 22.9 Å². The molecule has 0 amide bonds. The number of anilines is 3. The van der Waals surface area contributed by atoms with Crippen LogP contribution >= 0.6 is 0 Å². The third-order valence-corrected chi connectivity index (χ3v) is 3.72. The molecular formula is C18H16F3N7. The highest BCUT2D eigenvalue weighted by Crippen LogP contribution is 2.30. The van der Waals surface area contributed by atoms with Gasteiger partial charge in [-0.05, 0) is 36.4 Å². The molecule has 3 aromatic rings. The Bertz CT molecular complexity index is 957. The van der Waals surface area contributed by atoms with E-state index in [1.54, 1.807) is 24.3 Å². The molecule has 0 aliphatic rings. The number of nitrogens with two attached hydrogens (primary N) is 2. The zero-order valence-corrected chi connectivity index (χ0v) is 14.4. The van der Waals surface area contributed by atoms with Crippen molar-refractivity contribution < 1.29 is 13.2 Å². The monoisotopic (exact) mass is 387 g/mol.